The minimum atomic E-state index is 0.278. The largest absolute Gasteiger partial charge is 0.489 e. The molecule has 3 heteroatoms. The van der Waals surface area contributed by atoms with Crippen molar-refractivity contribution in [1.82, 2.24) is 4.90 Å². The molecule has 0 saturated carbocycles. The van der Waals surface area contributed by atoms with Crippen LogP contribution in [0.4, 0.5) is 0 Å². The zero-order valence-electron chi connectivity index (χ0n) is 16.0. The fourth-order valence-electron chi connectivity index (χ4n) is 4.37. The number of likely N-dealkylation sites (tertiary alicyclic amines) is 1. The summed E-state index contributed by atoms with van der Waals surface area (Å²) in [4.78, 5) is 2.51. The highest BCUT2D eigenvalue weighted by molar-refractivity contribution is 5.40. The van der Waals surface area contributed by atoms with Gasteiger partial charge in [0.05, 0.1) is 12.7 Å². The molecule has 2 heterocycles. The van der Waals surface area contributed by atoms with Gasteiger partial charge in [-0.25, -0.2) is 0 Å². The third kappa shape index (κ3) is 3.68. The van der Waals surface area contributed by atoms with E-state index in [4.69, 9.17) is 9.47 Å². The van der Waals surface area contributed by atoms with Crippen LogP contribution < -0.4 is 4.74 Å². The topological polar surface area (TPSA) is 21.7 Å². The van der Waals surface area contributed by atoms with Crippen molar-refractivity contribution in [2.24, 2.45) is 0 Å². The molecule has 2 aliphatic heterocycles. The summed E-state index contributed by atoms with van der Waals surface area (Å²) in [6.07, 6.45) is 0.278. The standard InChI is InChI=1S/C25H25NO2/c1-3-7-19(8-4-1)14-26-15-24-23-13-22(27-17-20-9-5-2-6-10-20)12-11-21(23)18-28-25(24)16-26/h1-13,24-25H,14-18H2. The normalized spacial score (nSPS) is 21.1. The minimum Gasteiger partial charge on any atom is -0.489 e. The summed E-state index contributed by atoms with van der Waals surface area (Å²) in [5, 5.41) is 0. The van der Waals surface area contributed by atoms with Gasteiger partial charge in [0.1, 0.15) is 12.4 Å². The molecule has 1 saturated heterocycles. The van der Waals surface area contributed by atoms with Gasteiger partial charge < -0.3 is 9.47 Å². The average molecular weight is 371 g/mol. The minimum absolute atomic E-state index is 0.278. The Kier molecular flexibility index (Phi) is 4.86. The third-order valence-corrected chi connectivity index (χ3v) is 5.81. The van der Waals surface area contributed by atoms with Crippen molar-refractivity contribution in [1.29, 1.82) is 0 Å². The second kappa shape index (κ2) is 7.78. The molecule has 0 bridgehead atoms. The SMILES string of the molecule is c1ccc(COc2ccc3c(c2)C2CN(Cc4ccccc4)CC2OC3)cc1. The fourth-order valence-corrected chi connectivity index (χ4v) is 4.37. The van der Waals surface area contributed by atoms with E-state index in [9.17, 15) is 0 Å². The molecule has 5 rings (SSSR count). The number of hydrogen-bond donors (Lipinski definition) is 0. The van der Waals surface area contributed by atoms with E-state index in [0.29, 0.717) is 19.1 Å². The molecule has 1 fully saturated rings. The van der Waals surface area contributed by atoms with Gasteiger partial charge in [-0.1, -0.05) is 66.7 Å². The summed E-state index contributed by atoms with van der Waals surface area (Å²) >= 11 is 0. The number of hydrogen-bond acceptors (Lipinski definition) is 3. The van der Waals surface area contributed by atoms with Crippen LogP contribution in [0, 0.1) is 0 Å². The van der Waals surface area contributed by atoms with Crippen LogP contribution in [0.25, 0.3) is 0 Å². The number of ether oxygens (including phenoxy) is 2. The molecule has 3 aromatic rings. The van der Waals surface area contributed by atoms with E-state index in [2.05, 4.69) is 65.6 Å². The molecule has 0 N–H and O–H groups in total. The second-order valence-electron chi connectivity index (χ2n) is 7.77. The van der Waals surface area contributed by atoms with Gasteiger partial charge in [0.25, 0.3) is 0 Å². The molecule has 0 aromatic heterocycles. The Morgan fingerprint density at radius 2 is 1.61 bits per heavy atom. The number of nitrogens with zero attached hydrogens (tertiary/aromatic N) is 1. The van der Waals surface area contributed by atoms with Gasteiger partial charge >= 0.3 is 0 Å². The maximum Gasteiger partial charge on any atom is 0.120 e. The first-order valence-electron chi connectivity index (χ1n) is 10.0. The van der Waals surface area contributed by atoms with Crippen molar-refractivity contribution in [2.75, 3.05) is 13.1 Å². The lowest BCUT2D eigenvalue weighted by Gasteiger charge is -2.28. The van der Waals surface area contributed by atoms with E-state index < -0.39 is 0 Å². The van der Waals surface area contributed by atoms with Crippen LogP contribution in [0.5, 0.6) is 5.75 Å². The lowest BCUT2D eigenvalue weighted by Crippen LogP contribution is -2.27. The molecule has 3 nitrogen and oxygen atoms in total. The van der Waals surface area contributed by atoms with E-state index in [-0.39, 0.29) is 6.10 Å². The molecule has 0 spiro atoms. The van der Waals surface area contributed by atoms with Gasteiger partial charge in [-0.2, -0.15) is 0 Å². The molecule has 2 aliphatic rings. The monoisotopic (exact) mass is 371 g/mol. The first-order chi connectivity index (χ1) is 13.8. The lowest BCUT2D eigenvalue weighted by molar-refractivity contribution is 0.0248. The third-order valence-electron chi connectivity index (χ3n) is 5.81. The Morgan fingerprint density at radius 1 is 0.857 bits per heavy atom. The van der Waals surface area contributed by atoms with Crippen molar-refractivity contribution < 1.29 is 9.47 Å². The molecule has 0 radical (unpaired) electrons. The maximum absolute atomic E-state index is 6.18. The zero-order valence-corrected chi connectivity index (χ0v) is 16.0. The Hall–Kier alpha value is -2.62. The molecular weight excluding hydrogens is 346 g/mol. The molecule has 0 aliphatic carbocycles. The van der Waals surface area contributed by atoms with Gasteiger partial charge in [0, 0.05) is 25.6 Å². The average Bonchev–Trinajstić information content (AvgIpc) is 3.16. The van der Waals surface area contributed by atoms with Gasteiger partial charge in [-0.3, -0.25) is 4.90 Å². The number of benzene rings is 3. The highest BCUT2D eigenvalue weighted by Crippen LogP contribution is 2.38. The fraction of sp³-hybridized carbons (Fsp3) is 0.280. The second-order valence-corrected chi connectivity index (χ2v) is 7.77. The number of fused-ring (bicyclic) bond motifs is 3. The van der Waals surface area contributed by atoms with Crippen LogP contribution in [0.3, 0.4) is 0 Å². The van der Waals surface area contributed by atoms with Crippen LogP contribution >= 0.6 is 0 Å². The Bertz CT molecular complexity index is 926. The lowest BCUT2D eigenvalue weighted by atomic mass is 9.89. The molecule has 3 aromatic carbocycles. The highest BCUT2D eigenvalue weighted by Gasteiger charge is 2.38. The van der Waals surface area contributed by atoms with Gasteiger partial charge in [-0.05, 0) is 34.4 Å². The quantitative estimate of drug-likeness (QED) is 0.645. The van der Waals surface area contributed by atoms with Gasteiger partial charge in [-0.15, -0.1) is 0 Å². The van der Waals surface area contributed by atoms with E-state index in [1.807, 2.05) is 18.2 Å². The molecular formula is C25H25NO2. The van der Waals surface area contributed by atoms with Crippen LogP contribution in [-0.4, -0.2) is 24.1 Å². The van der Waals surface area contributed by atoms with Crippen molar-refractivity contribution in [3.05, 3.63) is 101 Å². The first kappa shape index (κ1) is 17.5. The zero-order chi connectivity index (χ0) is 18.8. The summed E-state index contributed by atoms with van der Waals surface area (Å²) in [5.74, 6) is 1.37. The summed E-state index contributed by atoms with van der Waals surface area (Å²) in [5.41, 5.74) is 5.25. The Morgan fingerprint density at radius 3 is 2.39 bits per heavy atom. The number of rotatable bonds is 5. The van der Waals surface area contributed by atoms with Crippen LogP contribution in [-0.2, 0) is 24.5 Å². The van der Waals surface area contributed by atoms with Crippen LogP contribution in [0.2, 0.25) is 0 Å². The summed E-state index contributed by atoms with van der Waals surface area (Å²) in [6, 6.07) is 27.5. The van der Waals surface area contributed by atoms with Crippen LogP contribution in [0.15, 0.2) is 78.9 Å². The molecule has 28 heavy (non-hydrogen) atoms. The summed E-state index contributed by atoms with van der Waals surface area (Å²) in [6.45, 7) is 4.32. The first-order valence-corrected chi connectivity index (χ1v) is 10.0. The van der Waals surface area contributed by atoms with Crippen LogP contribution in [0.1, 0.15) is 28.2 Å². The van der Waals surface area contributed by atoms with E-state index in [1.54, 1.807) is 0 Å². The molecule has 0 amide bonds. The Balaban J connectivity index is 1.30. The molecule has 2 atom stereocenters. The smallest absolute Gasteiger partial charge is 0.120 e. The van der Waals surface area contributed by atoms with Gasteiger partial charge in [0.2, 0.25) is 0 Å². The van der Waals surface area contributed by atoms with Crippen molar-refractivity contribution in [3.63, 3.8) is 0 Å². The Labute approximate surface area is 166 Å². The molecule has 142 valence electrons. The van der Waals surface area contributed by atoms with Gasteiger partial charge in [0.15, 0.2) is 0 Å². The highest BCUT2D eigenvalue weighted by atomic mass is 16.5. The predicted molar refractivity (Wildman–Crippen MR) is 110 cm³/mol. The summed E-state index contributed by atoms with van der Waals surface area (Å²) in [7, 11) is 0. The van der Waals surface area contributed by atoms with Crippen molar-refractivity contribution in [3.8, 4) is 5.75 Å². The van der Waals surface area contributed by atoms with Crippen molar-refractivity contribution >= 4 is 0 Å². The maximum atomic E-state index is 6.18. The van der Waals surface area contributed by atoms with E-state index >= 15 is 0 Å². The molecule has 2 unspecified atom stereocenters. The predicted octanol–water partition coefficient (Wildman–Crippen LogP) is 4.76. The van der Waals surface area contributed by atoms with E-state index in [1.165, 1.54) is 22.3 Å². The van der Waals surface area contributed by atoms with E-state index in [0.717, 1.165) is 25.4 Å². The van der Waals surface area contributed by atoms with Crippen molar-refractivity contribution in [2.45, 2.75) is 31.8 Å². The summed E-state index contributed by atoms with van der Waals surface area (Å²) < 4.78 is 12.3.